The highest BCUT2D eigenvalue weighted by atomic mass is 79.9. The summed E-state index contributed by atoms with van der Waals surface area (Å²) in [5, 5.41) is 6.84. The van der Waals surface area contributed by atoms with Crippen LogP contribution in [0, 0.1) is 5.92 Å². The number of rotatable bonds is 3. The van der Waals surface area contributed by atoms with Crippen LogP contribution in [0.25, 0.3) is 0 Å². The van der Waals surface area contributed by atoms with Gasteiger partial charge in [-0.05, 0) is 24.3 Å². The Hall–Kier alpha value is -0.840. The van der Waals surface area contributed by atoms with Gasteiger partial charge in [-0.25, -0.2) is 0 Å². The van der Waals surface area contributed by atoms with E-state index >= 15 is 0 Å². The molecule has 4 nitrogen and oxygen atoms in total. The van der Waals surface area contributed by atoms with Gasteiger partial charge in [0, 0.05) is 25.2 Å². The number of carbonyl (C=O) groups is 1. The molecule has 1 aromatic rings. The zero-order valence-corrected chi connectivity index (χ0v) is 12.5. The maximum absolute atomic E-state index is 12.3. The predicted molar refractivity (Wildman–Crippen MR) is 74.7 cm³/mol. The largest absolute Gasteiger partial charge is 0.341 e. The van der Waals surface area contributed by atoms with Crippen LogP contribution in [0.1, 0.15) is 38.2 Å². The number of nitrogens with one attached hydrogen (secondary N) is 1. The van der Waals surface area contributed by atoms with Gasteiger partial charge in [0.25, 0.3) is 0 Å². The van der Waals surface area contributed by atoms with E-state index in [-0.39, 0.29) is 10.7 Å². The van der Waals surface area contributed by atoms with Crippen LogP contribution in [0.4, 0.5) is 0 Å². The van der Waals surface area contributed by atoms with Crippen LogP contribution in [0.5, 0.6) is 0 Å². The van der Waals surface area contributed by atoms with E-state index in [2.05, 4.69) is 40.0 Å². The molecule has 0 radical (unpaired) electrons. The predicted octanol–water partition coefficient (Wildman–Crippen LogP) is 2.54. The fourth-order valence-electron chi connectivity index (χ4n) is 2.39. The Labute approximate surface area is 116 Å². The van der Waals surface area contributed by atoms with Crippen LogP contribution >= 0.6 is 15.9 Å². The smallest absolute Gasteiger partial charge is 0.236 e. The summed E-state index contributed by atoms with van der Waals surface area (Å²) in [4.78, 5) is 14.2. The third kappa shape index (κ3) is 2.94. The summed E-state index contributed by atoms with van der Waals surface area (Å²) in [5.74, 6) is 0.971. The first-order valence-electron chi connectivity index (χ1n) is 6.51. The number of aromatic amines is 1. The lowest BCUT2D eigenvalue weighted by Gasteiger charge is -2.34. The summed E-state index contributed by atoms with van der Waals surface area (Å²) < 4.78 is 0. The Balaban J connectivity index is 2.01. The van der Waals surface area contributed by atoms with E-state index < -0.39 is 0 Å². The molecule has 1 aliphatic rings. The van der Waals surface area contributed by atoms with Gasteiger partial charge in [0.15, 0.2) is 0 Å². The van der Waals surface area contributed by atoms with E-state index in [1.807, 2.05) is 17.3 Å². The van der Waals surface area contributed by atoms with E-state index in [1.165, 1.54) is 5.56 Å². The third-order valence-corrected chi connectivity index (χ3v) is 4.99. The van der Waals surface area contributed by atoms with Gasteiger partial charge in [-0.3, -0.25) is 9.89 Å². The molecule has 0 saturated carbocycles. The Kier molecular flexibility index (Phi) is 4.43. The second-order valence-corrected chi connectivity index (χ2v) is 6.29. The molecule has 1 fully saturated rings. The summed E-state index contributed by atoms with van der Waals surface area (Å²) in [6.07, 6.45) is 6.01. The number of H-pyrrole nitrogens is 1. The number of aromatic nitrogens is 2. The number of amides is 1. The van der Waals surface area contributed by atoms with Crippen molar-refractivity contribution >= 4 is 21.8 Å². The standard InChI is InChI=1S/C13H20BrN3O/c1-9(2)12(14)13(18)17-5-3-4-10(8-17)11-6-15-16-7-11/h6-7,9-10,12H,3-5,8H2,1-2H3,(H,15,16). The molecule has 2 rings (SSSR count). The fourth-order valence-corrected chi connectivity index (χ4v) is 2.68. The highest BCUT2D eigenvalue weighted by molar-refractivity contribution is 9.10. The summed E-state index contributed by atoms with van der Waals surface area (Å²) in [5.41, 5.74) is 1.21. The average molecular weight is 314 g/mol. The molecule has 0 aromatic carbocycles. The first-order chi connectivity index (χ1) is 8.59. The monoisotopic (exact) mass is 313 g/mol. The number of alkyl halides is 1. The van der Waals surface area contributed by atoms with Crippen molar-refractivity contribution < 1.29 is 4.79 Å². The first kappa shape index (κ1) is 13.6. The lowest BCUT2D eigenvalue weighted by atomic mass is 9.92. The molecule has 1 amide bonds. The summed E-state index contributed by atoms with van der Waals surface area (Å²) >= 11 is 3.50. The minimum Gasteiger partial charge on any atom is -0.341 e. The van der Waals surface area contributed by atoms with Crippen LogP contribution in [0.15, 0.2) is 12.4 Å². The van der Waals surface area contributed by atoms with Crippen LogP contribution in [-0.2, 0) is 4.79 Å². The van der Waals surface area contributed by atoms with Gasteiger partial charge < -0.3 is 4.90 Å². The first-order valence-corrected chi connectivity index (χ1v) is 7.42. The maximum Gasteiger partial charge on any atom is 0.236 e. The van der Waals surface area contributed by atoms with Crippen molar-refractivity contribution in [2.45, 2.75) is 37.4 Å². The van der Waals surface area contributed by atoms with E-state index in [1.54, 1.807) is 0 Å². The van der Waals surface area contributed by atoms with Crippen LogP contribution in [-0.4, -0.2) is 38.9 Å². The van der Waals surface area contributed by atoms with Crippen molar-refractivity contribution in [1.29, 1.82) is 0 Å². The van der Waals surface area contributed by atoms with Crippen molar-refractivity contribution in [1.82, 2.24) is 15.1 Å². The third-order valence-electron chi connectivity index (χ3n) is 3.55. The SMILES string of the molecule is CC(C)C(Br)C(=O)N1CCCC(c2cn[nH]c2)C1. The van der Waals surface area contributed by atoms with Crippen molar-refractivity contribution in [3.8, 4) is 0 Å². The van der Waals surface area contributed by atoms with Gasteiger partial charge in [-0.1, -0.05) is 29.8 Å². The van der Waals surface area contributed by atoms with Gasteiger partial charge >= 0.3 is 0 Å². The maximum atomic E-state index is 12.3. The molecule has 2 heterocycles. The Bertz CT molecular complexity index is 391. The topological polar surface area (TPSA) is 49.0 Å². The highest BCUT2D eigenvalue weighted by Crippen LogP contribution is 2.27. The van der Waals surface area contributed by atoms with Crippen molar-refractivity contribution in [2.75, 3.05) is 13.1 Å². The number of nitrogens with zero attached hydrogens (tertiary/aromatic N) is 2. The van der Waals surface area contributed by atoms with E-state index in [4.69, 9.17) is 0 Å². The molecule has 2 atom stereocenters. The number of hydrogen-bond acceptors (Lipinski definition) is 2. The van der Waals surface area contributed by atoms with E-state index in [9.17, 15) is 4.79 Å². The van der Waals surface area contributed by atoms with Crippen LogP contribution in [0.2, 0.25) is 0 Å². The number of piperidine rings is 1. The average Bonchev–Trinajstić information content (AvgIpc) is 2.91. The highest BCUT2D eigenvalue weighted by Gasteiger charge is 2.29. The van der Waals surface area contributed by atoms with Gasteiger partial charge in [0.05, 0.1) is 11.0 Å². The molecule has 2 unspecified atom stereocenters. The Morgan fingerprint density at radius 2 is 2.39 bits per heavy atom. The lowest BCUT2D eigenvalue weighted by Crippen LogP contribution is -2.44. The van der Waals surface area contributed by atoms with Gasteiger partial charge in [0.1, 0.15) is 0 Å². The number of carbonyl (C=O) groups excluding carboxylic acids is 1. The number of hydrogen-bond donors (Lipinski definition) is 1. The molecule has 5 heteroatoms. The number of halogens is 1. The molecule has 0 spiro atoms. The van der Waals surface area contributed by atoms with E-state index in [0.717, 1.165) is 25.9 Å². The fraction of sp³-hybridized carbons (Fsp3) is 0.692. The van der Waals surface area contributed by atoms with Crippen molar-refractivity contribution in [2.24, 2.45) is 5.92 Å². The molecule has 1 aromatic heterocycles. The van der Waals surface area contributed by atoms with Crippen molar-refractivity contribution in [3.05, 3.63) is 18.0 Å². The lowest BCUT2D eigenvalue weighted by molar-refractivity contribution is -0.132. The molecule has 1 aliphatic heterocycles. The van der Waals surface area contributed by atoms with Crippen molar-refractivity contribution in [3.63, 3.8) is 0 Å². The van der Waals surface area contributed by atoms with Gasteiger partial charge in [0.2, 0.25) is 5.91 Å². The number of likely N-dealkylation sites (tertiary alicyclic amines) is 1. The zero-order valence-electron chi connectivity index (χ0n) is 10.9. The van der Waals surface area contributed by atoms with E-state index in [0.29, 0.717) is 11.8 Å². The Morgan fingerprint density at radius 1 is 1.61 bits per heavy atom. The zero-order chi connectivity index (χ0) is 13.1. The van der Waals surface area contributed by atoms with Crippen LogP contribution in [0.3, 0.4) is 0 Å². The summed E-state index contributed by atoms with van der Waals surface area (Å²) in [6.45, 7) is 5.82. The minimum atomic E-state index is -0.0689. The molecule has 1 N–H and O–H groups in total. The second-order valence-electron chi connectivity index (χ2n) is 5.30. The molecule has 18 heavy (non-hydrogen) atoms. The van der Waals surface area contributed by atoms with Crippen LogP contribution < -0.4 is 0 Å². The molecule has 100 valence electrons. The molecule has 1 saturated heterocycles. The molecule has 0 bridgehead atoms. The molecular weight excluding hydrogens is 294 g/mol. The molecular formula is C13H20BrN3O. The summed E-state index contributed by atoms with van der Waals surface area (Å²) in [6, 6.07) is 0. The summed E-state index contributed by atoms with van der Waals surface area (Å²) in [7, 11) is 0. The van der Waals surface area contributed by atoms with Gasteiger partial charge in [-0.15, -0.1) is 0 Å². The quantitative estimate of drug-likeness (QED) is 0.872. The normalized spacial score (nSPS) is 22.2. The Morgan fingerprint density at radius 3 is 3.00 bits per heavy atom. The molecule has 0 aliphatic carbocycles. The minimum absolute atomic E-state index is 0.0689. The second kappa shape index (κ2) is 5.87. The van der Waals surface area contributed by atoms with Gasteiger partial charge in [-0.2, -0.15) is 5.10 Å².